The van der Waals surface area contributed by atoms with Crippen molar-refractivity contribution in [1.82, 2.24) is 9.55 Å². The van der Waals surface area contributed by atoms with Crippen LogP contribution in [0.15, 0.2) is 144 Å². The van der Waals surface area contributed by atoms with Crippen molar-refractivity contribution in [1.29, 1.82) is 0 Å². The zero-order chi connectivity index (χ0) is 33.8. The van der Waals surface area contributed by atoms with Crippen molar-refractivity contribution >= 4 is 44.6 Å². The molecule has 6 nitrogen and oxygen atoms in total. The molecule has 3 heterocycles. The van der Waals surface area contributed by atoms with Crippen LogP contribution < -0.4 is 14.5 Å². The van der Waals surface area contributed by atoms with E-state index in [-0.39, 0.29) is 26.5 Å². The van der Waals surface area contributed by atoms with E-state index in [2.05, 4.69) is 151 Å². The van der Waals surface area contributed by atoms with Gasteiger partial charge in [0.25, 0.3) is 0 Å². The van der Waals surface area contributed by atoms with Crippen LogP contribution in [-0.2, 0) is 26.5 Å². The summed E-state index contributed by atoms with van der Waals surface area (Å²) in [6.45, 7) is 8.92. The summed E-state index contributed by atoms with van der Waals surface area (Å²) in [5.41, 5.74) is 9.55. The van der Waals surface area contributed by atoms with E-state index in [1.54, 1.807) is 12.5 Å². The van der Waals surface area contributed by atoms with Crippen molar-refractivity contribution in [3.05, 3.63) is 164 Å². The molecule has 0 saturated carbocycles. The number of fused-ring (bicyclic) bond motifs is 4. The van der Waals surface area contributed by atoms with E-state index < -0.39 is 0 Å². The Morgan fingerprint density at radius 2 is 1.43 bits per heavy atom. The van der Waals surface area contributed by atoms with Crippen LogP contribution in [0, 0.1) is 18.8 Å². The second-order valence-corrected chi connectivity index (χ2v) is 13.4. The molecule has 8 aromatic rings. The summed E-state index contributed by atoms with van der Waals surface area (Å²) in [6, 6.07) is 51.6. The smallest absolute Gasteiger partial charge is 0.304 e. The Kier molecular flexibility index (Phi) is 8.28. The first-order chi connectivity index (χ1) is 24.4. The number of benzene rings is 6. The second-order valence-electron chi connectivity index (χ2n) is 13.4. The molecule has 7 heteroatoms. The summed E-state index contributed by atoms with van der Waals surface area (Å²) >= 11 is 0. The second kappa shape index (κ2) is 12.9. The maximum atomic E-state index is 6.46. The Hall–Kier alpha value is -5.58. The van der Waals surface area contributed by atoms with Gasteiger partial charge in [-0.05, 0) is 46.2 Å². The Balaban J connectivity index is 0.00000374. The molecule has 0 amide bonds. The number of hydrogen-bond donors (Lipinski definition) is 0. The fourth-order valence-corrected chi connectivity index (χ4v) is 6.77. The van der Waals surface area contributed by atoms with Crippen LogP contribution in [0.1, 0.15) is 26.3 Å². The average molecular weight is 845 g/mol. The van der Waals surface area contributed by atoms with Crippen molar-refractivity contribution in [2.24, 2.45) is 0 Å². The Morgan fingerprint density at radius 3 is 2.22 bits per heavy atom. The first-order valence-electron chi connectivity index (χ1n) is 16.7. The standard InChI is InChI=1S/C44H33N4O2.Pt/c1-44(2,3)31-20-22-35(30-12-5-4-6-13-30)41(26-31)47-29-46(39-18-9-10-19-40(39)47)32-14-11-15-33(27-32)50-34-21-23-37-36-16-7-8-17-38(36)48(42(37)28-34)43-45-24-25-49-43;/h4-26,29H,1-3H3;/q-3;. The molecule has 51 heavy (non-hydrogen) atoms. The zero-order valence-corrected chi connectivity index (χ0v) is 30.6. The van der Waals surface area contributed by atoms with Crippen LogP contribution in [0.3, 0.4) is 0 Å². The molecule has 0 N–H and O–H groups in total. The Bertz CT molecular complexity index is 2500. The molecular formula is C44H33N4O2Pt-3. The van der Waals surface area contributed by atoms with Gasteiger partial charge in [-0.25, -0.2) is 4.98 Å². The van der Waals surface area contributed by atoms with E-state index in [1.165, 1.54) is 16.7 Å². The predicted octanol–water partition coefficient (Wildman–Crippen LogP) is 11.5. The van der Waals surface area contributed by atoms with E-state index in [0.717, 1.165) is 44.6 Å². The monoisotopic (exact) mass is 844 g/mol. The van der Waals surface area contributed by atoms with E-state index in [9.17, 15) is 0 Å². The normalized spacial score (nSPS) is 12.7. The van der Waals surface area contributed by atoms with Crippen molar-refractivity contribution in [2.75, 3.05) is 9.80 Å². The number of ether oxygens (including phenoxy) is 1. The first kappa shape index (κ1) is 32.6. The van der Waals surface area contributed by atoms with Gasteiger partial charge < -0.3 is 19.0 Å². The average Bonchev–Trinajstić information content (AvgIpc) is 3.88. The minimum Gasteiger partial charge on any atom is -0.509 e. The molecule has 0 radical (unpaired) electrons. The molecule has 2 aromatic heterocycles. The third kappa shape index (κ3) is 5.80. The summed E-state index contributed by atoms with van der Waals surface area (Å²) in [7, 11) is 0. The van der Waals surface area contributed by atoms with Crippen LogP contribution in [0.25, 0.3) is 38.9 Å². The van der Waals surface area contributed by atoms with E-state index in [1.807, 2.05) is 34.9 Å². The number of hydrogen-bond acceptors (Lipinski definition) is 5. The number of nitrogens with zero attached hydrogens (tertiary/aromatic N) is 4. The Morgan fingerprint density at radius 1 is 0.686 bits per heavy atom. The number of para-hydroxylation sites is 3. The van der Waals surface area contributed by atoms with Gasteiger partial charge in [0, 0.05) is 60.7 Å². The topological polar surface area (TPSA) is 46.7 Å². The number of oxazole rings is 1. The molecule has 9 rings (SSSR count). The van der Waals surface area contributed by atoms with Crippen LogP contribution in [0.4, 0.5) is 22.7 Å². The molecule has 0 atom stereocenters. The molecule has 0 fully saturated rings. The SMILES string of the molecule is CC(C)(C)c1ccc(-c2ccccc2)c(N2[CH-]N(c3[c-]c(Oc4[c-]c5c(cc4)c4ccccc4n5-c4ncco4)ccc3)c3ccccc32)c1.[Pt]. The molecule has 0 aliphatic carbocycles. The van der Waals surface area contributed by atoms with E-state index >= 15 is 0 Å². The van der Waals surface area contributed by atoms with Gasteiger partial charge >= 0.3 is 6.01 Å². The molecule has 0 spiro atoms. The third-order valence-corrected chi connectivity index (χ3v) is 9.24. The van der Waals surface area contributed by atoms with Gasteiger partial charge in [-0.1, -0.05) is 99.1 Å². The third-order valence-electron chi connectivity index (χ3n) is 9.24. The number of anilines is 4. The quantitative estimate of drug-likeness (QED) is 0.156. The van der Waals surface area contributed by atoms with Crippen molar-refractivity contribution < 1.29 is 30.2 Å². The van der Waals surface area contributed by atoms with Gasteiger partial charge in [-0.3, -0.25) is 4.57 Å². The van der Waals surface area contributed by atoms with Gasteiger partial charge in [0.15, 0.2) is 0 Å². The summed E-state index contributed by atoms with van der Waals surface area (Å²) in [4.78, 5) is 8.89. The van der Waals surface area contributed by atoms with Crippen LogP contribution in [-0.4, -0.2) is 9.55 Å². The largest absolute Gasteiger partial charge is 0.509 e. The van der Waals surface area contributed by atoms with Crippen molar-refractivity contribution in [3.8, 4) is 28.6 Å². The molecule has 254 valence electrons. The van der Waals surface area contributed by atoms with Crippen LogP contribution >= 0.6 is 0 Å². The Labute approximate surface area is 311 Å². The summed E-state index contributed by atoms with van der Waals surface area (Å²) in [5.74, 6) is 1.15. The van der Waals surface area contributed by atoms with Crippen LogP contribution in [0.5, 0.6) is 11.5 Å². The number of aromatic nitrogens is 2. The van der Waals surface area contributed by atoms with E-state index in [0.29, 0.717) is 17.5 Å². The van der Waals surface area contributed by atoms with Crippen molar-refractivity contribution in [3.63, 3.8) is 0 Å². The molecule has 0 bridgehead atoms. The maximum absolute atomic E-state index is 6.46. The van der Waals surface area contributed by atoms with Gasteiger partial charge in [-0.15, -0.1) is 48.1 Å². The van der Waals surface area contributed by atoms with Crippen molar-refractivity contribution in [2.45, 2.75) is 26.2 Å². The molecular weight excluding hydrogens is 812 g/mol. The minimum atomic E-state index is -0.00872. The maximum Gasteiger partial charge on any atom is 0.304 e. The predicted molar refractivity (Wildman–Crippen MR) is 201 cm³/mol. The minimum absolute atomic E-state index is 0. The van der Waals surface area contributed by atoms with E-state index in [4.69, 9.17) is 9.15 Å². The van der Waals surface area contributed by atoms with Gasteiger partial charge in [0.1, 0.15) is 6.26 Å². The van der Waals surface area contributed by atoms with Gasteiger partial charge in [0.05, 0.1) is 6.20 Å². The fourth-order valence-electron chi connectivity index (χ4n) is 6.77. The fraction of sp³-hybridized carbons (Fsp3) is 0.0909. The van der Waals surface area contributed by atoms with Gasteiger partial charge in [-0.2, -0.15) is 12.1 Å². The summed E-state index contributed by atoms with van der Waals surface area (Å²) < 4.78 is 14.1. The molecule has 0 unspecified atom stereocenters. The summed E-state index contributed by atoms with van der Waals surface area (Å²) in [6.07, 6.45) is 3.23. The summed E-state index contributed by atoms with van der Waals surface area (Å²) in [5, 5.41) is 2.13. The van der Waals surface area contributed by atoms with Crippen LogP contribution in [0.2, 0.25) is 0 Å². The zero-order valence-electron chi connectivity index (χ0n) is 28.3. The molecule has 0 saturated heterocycles. The first-order valence-corrected chi connectivity index (χ1v) is 16.7. The number of rotatable bonds is 6. The molecule has 1 aliphatic heterocycles. The molecule has 6 aromatic carbocycles. The molecule has 1 aliphatic rings. The van der Waals surface area contributed by atoms with Gasteiger partial charge in [0.2, 0.25) is 0 Å².